The summed E-state index contributed by atoms with van der Waals surface area (Å²) in [6.45, 7) is 2.88. The number of halogens is 1. The number of amides is 1. The molecule has 0 spiro atoms. The zero-order chi connectivity index (χ0) is 16.5. The molecule has 0 aliphatic carbocycles. The van der Waals surface area contributed by atoms with Crippen molar-refractivity contribution < 1.29 is 4.79 Å². The Morgan fingerprint density at radius 1 is 1.00 bits per heavy atom. The van der Waals surface area contributed by atoms with Crippen LogP contribution in [0.4, 0.5) is 5.69 Å². The summed E-state index contributed by atoms with van der Waals surface area (Å²) < 4.78 is 0. The lowest BCUT2D eigenvalue weighted by atomic mass is 10.1. The van der Waals surface area contributed by atoms with Gasteiger partial charge in [0.25, 0.3) is 0 Å². The molecule has 0 bridgehead atoms. The van der Waals surface area contributed by atoms with Crippen molar-refractivity contribution in [3.05, 3.63) is 65.7 Å². The van der Waals surface area contributed by atoms with Crippen LogP contribution < -0.4 is 16.0 Å². The highest BCUT2D eigenvalue weighted by Gasteiger charge is 2.04. The highest BCUT2D eigenvalue weighted by atomic mass is 127. The summed E-state index contributed by atoms with van der Waals surface area (Å²) in [4.78, 5) is 16.0. The Morgan fingerprint density at radius 3 is 2.33 bits per heavy atom. The molecular formula is C18H23IN4O. The van der Waals surface area contributed by atoms with Gasteiger partial charge in [0.15, 0.2) is 5.96 Å². The van der Waals surface area contributed by atoms with Crippen molar-refractivity contribution in [3.63, 3.8) is 0 Å². The normalized spacial score (nSPS) is 10.5. The van der Waals surface area contributed by atoms with E-state index in [1.54, 1.807) is 7.05 Å². The van der Waals surface area contributed by atoms with Crippen LogP contribution in [0.2, 0.25) is 0 Å². The van der Waals surface area contributed by atoms with Gasteiger partial charge < -0.3 is 16.0 Å². The molecule has 0 heterocycles. The quantitative estimate of drug-likeness (QED) is 0.382. The molecule has 128 valence electrons. The summed E-state index contributed by atoms with van der Waals surface area (Å²) in [7, 11) is 1.68. The highest BCUT2D eigenvalue weighted by molar-refractivity contribution is 14.0. The molecule has 2 rings (SSSR count). The third-order valence-corrected chi connectivity index (χ3v) is 3.41. The fourth-order valence-corrected chi connectivity index (χ4v) is 2.10. The van der Waals surface area contributed by atoms with E-state index in [1.807, 2.05) is 42.5 Å². The smallest absolute Gasteiger partial charge is 0.243 e. The van der Waals surface area contributed by atoms with E-state index in [1.165, 1.54) is 11.1 Å². The number of para-hydroxylation sites is 1. The van der Waals surface area contributed by atoms with Crippen LogP contribution >= 0.6 is 24.0 Å². The van der Waals surface area contributed by atoms with Crippen molar-refractivity contribution in [2.24, 2.45) is 4.99 Å². The molecule has 5 nitrogen and oxygen atoms in total. The minimum absolute atomic E-state index is 0. The average molecular weight is 438 g/mol. The molecule has 0 fully saturated rings. The second-order valence-electron chi connectivity index (χ2n) is 5.12. The standard InChI is InChI=1S/C18H22N4O.HI/c1-14-8-6-7-9-15(14)12-20-18(19-2)21-13-17(23)22-16-10-4-3-5-11-16;/h3-11H,12-13H2,1-2H3,(H,22,23)(H2,19,20,21);1H. The first kappa shape index (κ1) is 20.0. The summed E-state index contributed by atoms with van der Waals surface area (Å²) in [6, 6.07) is 17.5. The predicted molar refractivity (Wildman–Crippen MR) is 110 cm³/mol. The molecular weight excluding hydrogens is 415 g/mol. The van der Waals surface area contributed by atoms with Crippen LogP contribution in [0.3, 0.4) is 0 Å². The Bertz CT molecular complexity index is 674. The van der Waals surface area contributed by atoms with Gasteiger partial charge in [0.05, 0.1) is 6.54 Å². The van der Waals surface area contributed by atoms with Gasteiger partial charge >= 0.3 is 0 Å². The Morgan fingerprint density at radius 2 is 1.67 bits per heavy atom. The van der Waals surface area contributed by atoms with Gasteiger partial charge in [-0.1, -0.05) is 42.5 Å². The van der Waals surface area contributed by atoms with Crippen LogP contribution in [0.5, 0.6) is 0 Å². The molecule has 0 aliphatic rings. The number of nitrogens with one attached hydrogen (secondary N) is 3. The number of hydrogen-bond acceptors (Lipinski definition) is 2. The maximum absolute atomic E-state index is 11.9. The summed E-state index contributed by atoms with van der Waals surface area (Å²) in [5.74, 6) is 0.478. The molecule has 0 radical (unpaired) electrons. The van der Waals surface area contributed by atoms with E-state index < -0.39 is 0 Å². The predicted octanol–water partition coefficient (Wildman–Crippen LogP) is 2.92. The van der Waals surface area contributed by atoms with Gasteiger partial charge in [0, 0.05) is 19.3 Å². The van der Waals surface area contributed by atoms with Crippen molar-refractivity contribution in [1.82, 2.24) is 10.6 Å². The Kier molecular flexibility index (Phi) is 8.85. The lowest BCUT2D eigenvalue weighted by molar-refractivity contribution is -0.115. The SMILES string of the molecule is CN=C(NCC(=O)Nc1ccccc1)NCc1ccccc1C.I. The van der Waals surface area contributed by atoms with Gasteiger partial charge in [-0.2, -0.15) is 0 Å². The number of carbonyl (C=O) groups is 1. The third kappa shape index (κ3) is 6.57. The monoisotopic (exact) mass is 438 g/mol. The molecule has 0 unspecified atom stereocenters. The van der Waals surface area contributed by atoms with Crippen molar-refractivity contribution in [1.29, 1.82) is 0 Å². The maximum Gasteiger partial charge on any atom is 0.243 e. The molecule has 0 aliphatic heterocycles. The average Bonchev–Trinajstić information content (AvgIpc) is 2.57. The van der Waals surface area contributed by atoms with Gasteiger partial charge in [0.2, 0.25) is 5.91 Å². The van der Waals surface area contributed by atoms with E-state index in [9.17, 15) is 4.79 Å². The second-order valence-corrected chi connectivity index (χ2v) is 5.12. The van der Waals surface area contributed by atoms with Crippen LogP contribution in [0.1, 0.15) is 11.1 Å². The van der Waals surface area contributed by atoms with Crippen molar-refractivity contribution >= 4 is 41.5 Å². The number of rotatable bonds is 5. The maximum atomic E-state index is 11.9. The van der Waals surface area contributed by atoms with Crippen LogP contribution in [0, 0.1) is 6.92 Å². The van der Waals surface area contributed by atoms with Crippen molar-refractivity contribution in [2.75, 3.05) is 18.9 Å². The minimum Gasteiger partial charge on any atom is -0.352 e. The Balaban J connectivity index is 0.00000288. The minimum atomic E-state index is -0.116. The number of carbonyl (C=O) groups excluding carboxylic acids is 1. The van der Waals surface area contributed by atoms with Gasteiger partial charge in [-0.05, 0) is 30.2 Å². The summed E-state index contributed by atoms with van der Waals surface area (Å²) in [5.41, 5.74) is 3.20. The molecule has 3 N–H and O–H groups in total. The fraction of sp³-hybridized carbons (Fsp3) is 0.222. The van der Waals surface area contributed by atoms with Crippen LogP contribution in [-0.2, 0) is 11.3 Å². The number of anilines is 1. The van der Waals surface area contributed by atoms with E-state index in [4.69, 9.17) is 0 Å². The summed E-state index contributed by atoms with van der Waals surface area (Å²) in [5, 5.41) is 9.03. The van der Waals surface area contributed by atoms with Crippen molar-refractivity contribution in [2.45, 2.75) is 13.5 Å². The van der Waals surface area contributed by atoms with Gasteiger partial charge in [-0.25, -0.2) is 0 Å². The zero-order valence-electron chi connectivity index (χ0n) is 13.9. The van der Waals surface area contributed by atoms with E-state index in [-0.39, 0.29) is 36.4 Å². The van der Waals surface area contributed by atoms with Crippen LogP contribution in [-0.4, -0.2) is 25.5 Å². The molecule has 6 heteroatoms. The molecule has 24 heavy (non-hydrogen) atoms. The first-order valence-corrected chi connectivity index (χ1v) is 7.53. The topological polar surface area (TPSA) is 65.5 Å². The zero-order valence-corrected chi connectivity index (χ0v) is 16.2. The molecule has 2 aromatic rings. The lowest BCUT2D eigenvalue weighted by Gasteiger charge is -2.13. The molecule has 1 amide bonds. The molecule has 0 saturated heterocycles. The third-order valence-electron chi connectivity index (χ3n) is 3.41. The largest absolute Gasteiger partial charge is 0.352 e. The van der Waals surface area contributed by atoms with Crippen molar-refractivity contribution in [3.8, 4) is 0 Å². The second kappa shape index (κ2) is 10.6. The molecule has 0 atom stereocenters. The van der Waals surface area contributed by atoms with E-state index >= 15 is 0 Å². The molecule has 0 aromatic heterocycles. The first-order valence-electron chi connectivity index (χ1n) is 7.53. The molecule has 2 aromatic carbocycles. The van der Waals surface area contributed by atoms with E-state index in [0.717, 1.165) is 5.69 Å². The van der Waals surface area contributed by atoms with E-state index in [0.29, 0.717) is 12.5 Å². The fourth-order valence-electron chi connectivity index (χ4n) is 2.10. The number of guanidine groups is 1. The van der Waals surface area contributed by atoms with Gasteiger partial charge in [0.1, 0.15) is 0 Å². The van der Waals surface area contributed by atoms with E-state index in [2.05, 4.69) is 40.0 Å². The lowest BCUT2D eigenvalue weighted by Crippen LogP contribution is -2.41. The Hall–Kier alpha value is -2.09. The number of aryl methyl sites for hydroxylation is 1. The van der Waals surface area contributed by atoms with Gasteiger partial charge in [-0.15, -0.1) is 24.0 Å². The highest BCUT2D eigenvalue weighted by Crippen LogP contribution is 2.06. The number of hydrogen-bond donors (Lipinski definition) is 3. The van der Waals surface area contributed by atoms with Crippen LogP contribution in [0.25, 0.3) is 0 Å². The first-order chi connectivity index (χ1) is 11.2. The van der Waals surface area contributed by atoms with Gasteiger partial charge in [-0.3, -0.25) is 9.79 Å². The number of nitrogens with zero attached hydrogens (tertiary/aromatic N) is 1. The number of aliphatic imine (C=N–C) groups is 1. The number of benzene rings is 2. The molecule has 0 saturated carbocycles. The summed E-state index contributed by atoms with van der Waals surface area (Å²) in [6.07, 6.45) is 0. The van der Waals surface area contributed by atoms with Crippen LogP contribution in [0.15, 0.2) is 59.6 Å². The summed E-state index contributed by atoms with van der Waals surface area (Å²) >= 11 is 0. The Labute approximate surface area is 160 Å².